The van der Waals surface area contributed by atoms with Crippen molar-refractivity contribution in [3.63, 3.8) is 0 Å². The van der Waals surface area contributed by atoms with Crippen LogP contribution in [0.4, 0.5) is 0 Å². The fourth-order valence-corrected chi connectivity index (χ4v) is 2.39. The summed E-state index contributed by atoms with van der Waals surface area (Å²) in [7, 11) is 0. The first-order valence-corrected chi connectivity index (χ1v) is 6.62. The van der Waals surface area contributed by atoms with E-state index in [0.29, 0.717) is 11.8 Å². The van der Waals surface area contributed by atoms with E-state index in [1.807, 2.05) is 4.90 Å². The van der Waals surface area contributed by atoms with E-state index in [4.69, 9.17) is 5.11 Å². The summed E-state index contributed by atoms with van der Waals surface area (Å²) in [6.45, 7) is 6.08. The summed E-state index contributed by atoms with van der Waals surface area (Å²) in [6, 6.07) is 0. The number of hydrogen-bond donors (Lipinski definition) is 1. The summed E-state index contributed by atoms with van der Waals surface area (Å²) in [6.07, 6.45) is 5.22. The van der Waals surface area contributed by atoms with Gasteiger partial charge < -0.3 is 10.0 Å². The monoisotopic (exact) mass is 227 g/mol. The van der Waals surface area contributed by atoms with Crippen LogP contribution in [0, 0.1) is 11.8 Å². The molecule has 16 heavy (non-hydrogen) atoms. The molecule has 1 saturated heterocycles. The number of hydrogen-bond acceptors (Lipinski definition) is 2. The van der Waals surface area contributed by atoms with Crippen LogP contribution in [-0.4, -0.2) is 35.6 Å². The van der Waals surface area contributed by atoms with E-state index in [1.165, 1.54) is 0 Å². The molecule has 1 aliphatic heterocycles. The third kappa shape index (κ3) is 3.48. The van der Waals surface area contributed by atoms with Crippen LogP contribution in [0.25, 0.3) is 0 Å². The van der Waals surface area contributed by atoms with E-state index in [-0.39, 0.29) is 12.5 Å². The first-order chi connectivity index (χ1) is 7.72. The Balaban J connectivity index is 2.42. The fraction of sp³-hybridized carbons (Fsp3) is 0.923. The lowest BCUT2D eigenvalue weighted by molar-refractivity contribution is -0.135. The van der Waals surface area contributed by atoms with Crippen LogP contribution in [0.3, 0.4) is 0 Å². The molecular weight excluding hydrogens is 202 g/mol. The number of rotatable bonds is 6. The Hall–Kier alpha value is -0.570. The van der Waals surface area contributed by atoms with Gasteiger partial charge in [-0.05, 0) is 19.3 Å². The second kappa shape index (κ2) is 6.89. The van der Waals surface area contributed by atoms with Crippen LogP contribution < -0.4 is 0 Å². The second-order valence-corrected chi connectivity index (χ2v) is 4.87. The molecule has 0 aromatic rings. The van der Waals surface area contributed by atoms with Crippen molar-refractivity contribution in [2.24, 2.45) is 11.8 Å². The maximum absolute atomic E-state index is 12.2. The summed E-state index contributed by atoms with van der Waals surface area (Å²) in [5.74, 6) is 0.830. The molecule has 1 fully saturated rings. The summed E-state index contributed by atoms with van der Waals surface area (Å²) in [5.41, 5.74) is 0. The largest absolute Gasteiger partial charge is 0.396 e. The maximum Gasteiger partial charge on any atom is 0.225 e. The number of nitrogens with zero attached hydrogens (tertiary/aromatic N) is 1. The van der Waals surface area contributed by atoms with E-state index in [1.54, 1.807) is 0 Å². The van der Waals surface area contributed by atoms with Crippen molar-refractivity contribution in [1.82, 2.24) is 4.90 Å². The van der Waals surface area contributed by atoms with Crippen LogP contribution in [0.1, 0.15) is 46.0 Å². The molecule has 0 saturated carbocycles. The highest BCUT2D eigenvalue weighted by Gasteiger charge is 2.29. The topological polar surface area (TPSA) is 40.5 Å². The number of aliphatic hydroxyl groups is 1. The Morgan fingerprint density at radius 1 is 1.50 bits per heavy atom. The predicted octanol–water partition coefficient (Wildman–Crippen LogP) is 2.04. The van der Waals surface area contributed by atoms with E-state index in [0.717, 1.165) is 45.2 Å². The van der Waals surface area contributed by atoms with Gasteiger partial charge in [-0.1, -0.05) is 26.7 Å². The normalized spacial score (nSPS) is 22.4. The highest BCUT2D eigenvalue weighted by atomic mass is 16.3. The average molecular weight is 227 g/mol. The first-order valence-electron chi connectivity index (χ1n) is 6.62. The van der Waals surface area contributed by atoms with Gasteiger partial charge in [-0.15, -0.1) is 0 Å². The van der Waals surface area contributed by atoms with Gasteiger partial charge in [-0.25, -0.2) is 0 Å². The van der Waals surface area contributed by atoms with E-state index < -0.39 is 0 Å². The molecule has 1 rings (SSSR count). The quantitative estimate of drug-likeness (QED) is 0.754. The SMILES string of the molecule is CCCC[C@@H](CC)C(=O)N1CC[C@H](CO)C1. The molecule has 0 unspecified atom stereocenters. The van der Waals surface area contributed by atoms with Crippen molar-refractivity contribution in [2.75, 3.05) is 19.7 Å². The molecule has 1 amide bonds. The number of carbonyl (C=O) groups excluding carboxylic acids is 1. The second-order valence-electron chi connectivity index (χ2n) is 4.87. The molecular formula is C13H25NO2. The van der Waals surface area contributed by atoms with Gasteiger partial charge in [0.05, 0.1) is 0 Å². The van der Waals surface area contributed by atoms with Gasteiger partial charge in [-0.3, -0.25) is 4.79 Å². The lowest BCUT2D eigenvalue weighted by atomic mass is 9.98. The summed E-state index contributed by atoms with van der Waals surface area (Å²) in [5, 5.41) is 9.06. The molecule has 3 nitrogen and oxygen atoms in total. The molecule has 0 aromatic carbocycles. The molecule has 0 spiro atoms. The Morgan fingerprint density at radius 3 is 2.75 bits per heavy atom. The van der Waals surface area contributed by atoms with E-state index in [2.05, 4.69) is 13.8 Å². The van der Waals surface area contributed by atoms with Gasteiger partial charge in [0.1, 0.15) is 0 Å². The third-order valence-corrected chi connectivity index (χ3v) is 3.60. The van der Waals surface area contributed by atoms with Crippen molar-refractivity contribution in [2.45, 2.75) is 46.0 Å². The Kier molecular flexibility index (Phi) is 5.81. The molecule has 1 N–H and O–H groups in total. The van der Waals surface area contributed by atoms with Crippen molar-refractivity contribution < 1.29 is 9.90 Å². The minimum absolute atomic E-state index is 0.206. The number of likely N-dealkylation sites (tertiary alicyclic amines) is 1. The van der Waals surface area contributed by atoms with Crippen molar-refractivity contribution >= 4 is 5.91 Å². The van der Waals surface area contributed by atoms with Gasteiger partial charge in [0.15, 0.2) is 0 Å². The predicted molar refractivity (Wildman–Crippen MR) is 65.1 cm³/mol. The molecule has 1 aliphatic rings. The standard InChI is InChI=1S/C13H25NO2/c1-3-5-6-12(4-2)13(16)14-8-7-11(9-14)10-15/h11-12,15H,3-10H2,1-2H3/t11-,12+/m0/s1. The lowest BCUT2D eigenvalue weighted by Gasteiger charge is -2.22. The lowest BCUT2D eigenvalue weighted by Crippen LogP contribution is -2.34. The Morgan fingerprint density at radius 2 is 2.25 bits per heavy atom. The zero-order valence-electron chi connectivity index (χ0n) is 10.6. The van der Waals surface area contributed by atoms with E-state index >= 15 is 0 Å². The Bertz CT molecular complexity index is 214. The number of carbonyl (C=O) groups is 1. The van der Waals surface area contributed by atoms with Crippen LogP contribution in [-0.2, 0) is 4.79 Å². The average Bonchev–Trinajstić information content (AvgIpc) is 2.78. The molecule has 3 heteroatoms. The van der Waals surface area contributed by atoms with Gasteiger partial charge >= 0.3 is 0 Å². The smallest absolute Gasteiger partial charge is 0.225 e. The van der Waals surface area contributed by atoms with Gasteiger partial charge in [-0.2, -0.15) is 0 Å². The molecule has 94 valence electrons. The minimum atomic E-state index is 0.206. The van der Waals surface area contributed by atoms with E-state index in [9.17, 15) is 4.79 Å². The molecule has 0 aromatic heterocycles. The summed E-state index contributed by atoms with van der Waals surface area (Å²) in [4.78, 5) is 14.1. The highest BCUT2D eigenvalue weighted by molar-refractivity contribution is 5.79. The molecule has 0 bridgehead atoms. The van der Waals surface area contributed by atoms with Gasteiger partial charge in [0.25, 0.3) is 0 Å². The minimum Gasteiger partial charge on any atom is -0.396 e. The molecule has 1 heterocycles. The highest BCUT2D eigenvalue weighted by Crippen LogP contribution is 2.21. The Labute approximate surface area is 98.8 Å². The van der Waals surface area contributed by atoms with Crippen LogP contribution in [0.15, 0.2) is 0 Å². The van der Waals surface area contributed by atoms with Crippen molar-refractivity contribution in [3.05, 3.63) is 0 Å². The first kappa shape index (κ1) is 13.5. The number of amides is 1. The summed E-state index contributed by atoms with van der Waals surface area (Å²) < 4.78 is 0. The number of unbranched alkanes of at least 4 members (excludes halogenated alkanes) is 1. The fourth-order valence-electron chi connectivity index (χ4n) is 2.39. The third-order valence-electron chi connectivity index (χ3n) is 3.60. The zero-order valence-corrected chi connectivity index (χ0v) is 10.6. The molecule has 2 atom stereocenters. The van der Waals surface area contributed by atoms with Crippen LogP contribution >= 0.6 is 0 Å². The van der Waals surface area contributed by atoms with Crippen LogP contribution in [0.2, 0.25) is 0 Å². The van der Waals surface area contributed by atoms with Crippen molar-refractivity contribution in [1.29, 1.82) is 0 Å². The maximum atomic E-state index is 12.2. The number of aliphatic hydroxyl groups excluding tert-OH is 1. The van der Waals surface area contributed by atoms with Gasteiger partial charge in [0.2, 0.25) is 5.91 Å². The van der Waals surface area contributed by atoms with Crippen molar-refractivity contribution in [3.8, 4) is 0 Å². The molecule has 0 radical (unpaired) electrons. The van der Waals surface area contributed by atoms with Crippen LogP contribution in [0.5, 0.6) is 0 Å². The summed E-state index contributed by atoms with van der Waals surface area (Å²) >= 11 is 0. The molecule has 0 aliphatic carbocycles. The van der Waals surface area contributed by atoms with Gasteiger partial charge in [0, 0.05) is 31.5 Å². The zero-order chi connectivity index (χ0) is 12.0.